The summed E-state index contributed by atoms with van der Waals surface area (Å²) >= 11 is 0. The van der Waals surface area contributed by atoms with Crippen LogP contribution in [0.4, 0.5) is 4.79 Å². The Morgan fingerprint density at radius 1 is 1.47 bits per heavy atom. The minimum Gasteiger partial charge on any atom is -0.465 e. The van der Waals surface area contributed by atoms with E-state index in [0.29, 0.717) is 5.92 Å². The molecule has 0 aromatic carbocycles. The number of carboxylic acid groups (broad SMARTS) is 1. The minimum absolute atomic E-state index is 0.128. The van der Waals surface area contributed by atoms with Crippen molar-refractivity contribution in [3.63, 3.8) is 0 Å². The van der Waals surface area contributed by atoms with Crippen molar-refractivity contribution in [3.8, 4) is 0 Å². The van der Waals surface area contributed by atoms with Crippen molar-refractivity contribution in [1.82, 2.24) is 14.9 Å². The van der Waals surface area contributed by atoms with E-state index in [-0.39, 0.29) is 11.1 Å². The Labute approximate surface area is 98.8 Å². The van der Waals surface area contributed by atoms with Gasteiger partial charge in [-0.1, -0.05) is 0 Å². The third-order valence-electron chi connectivity index (χ3n) is 4.50. The van der Waals surface area contributed by atoms with Gasteiger partial charge in [0.15, 0.2) is 0 Å². The predicted molar refractivity (Wildman–Crippen MR) is 59.9 cm³/mol. The van der Waals surface area contributed by atoms with Crippen LogP contribution in [-0.4, -0.2) is 26.3 Å². The minimum atomic E-state index is -0.897. The Kier molecular flexibility index (Phi) is 1.48. The Morgan fingerprint density at radius 3 is 2.76 bits per heavy atom. The van der Waals surface area contributed by atoms with E-state index in [9.17, 15) is 4.79 Å². The first-order valence-electron chi connectivity index (χ1n) is 6.17. The normalized spacial score (nSPS) is 38.1. The summed E-state index contributed by atoms with van der Waals surface area (Å²) in [7, 11) is 0. The second-order valence-corrected chi connectivity index (χ2v) is 5.89. The Morgan fingerprint density at radius 2 is 2.18 bits per heavy atom. The molecule has 0 spiro atoms. The summed E-state index contributed by atoms with van der Waals surface area (Å²) in [6.45, 7) is 0. The Bertz CT molecular complexity index is 484. The molecule has 5 heteroatoms. The Balaban J connectivity index is 1.55. The molecule has 5 rings (SSSR count). The van der Waals surface area contributed by atoms with Crippen LogP contribution in [0.1, 0.15) is 43.8 Å². The second-order valence-electron chi connectivity index (χ2n) is 5.89. The van der Waals surface area contributed by atoms with Crippen molar-refractivity contribution in [2.45, 2.75) is 49.1 Å². The maximum Gasteiger partial charge on any atom is 0.405 e. The van der Waals surface area contributed by atoms with Gasteiger partial charge in [0.2, 0.25) is 0 Å². The zero-order valence-corrected chi connectivity index (χ0v) is 9.52. The lowest BCUT2D eigenvalue weighted by Gasteiger charge is -2.70. The van der Waals surface area contributed by atoms with Crippen molar-refractivity contribution in [2.75, 3.05) is 0 Å². The summed E-state index contributed by atoms with van der Waals surface area (Å²) in [4.78, 5) is 15.1. The zero-order chi connectivity index (χ0) is 11.7. The first kappa shape index (κ1) is 9.50. The van der Waals surface area contributed by atoms with Gasteiger partial charge in [-0.05, 0) is 32.1 Å². The van der Waals surface area contributed by atoms with Crippen LogP contribution in [-0.2, 0) is 5.54 Å². The van der Waals surface area contributed by atoms with E-state index in [1.807, 2.05) is 6.20 Å². The molecular formula is C12H15N3O2. The van der Waals surface area contributed by atoms with E-state index in [1.54, 1.807) is 0 Å². The summed E-state index contributed by atoms with van der Waals surface area (Å²) in [5.41, 5.74) is 0.0494. The third-order valence-corrected chi connectivity index (χ3v) is 4.50. The zero-order valence-electron chi connectivity index (χ0n) is 9.52. The lowest BCUT2D eigenvalue weighted by molar-refractivity contribution is -0.134. The maximum absolute atomic E-state index is 10.7. The highest BCUT2D eigenvalue weighted by Gasteiger charge is 2.70. The van der Waals surface area contributed by atoms with E-state index in [0.717, 1.165) is 19.3 Å². The number of amides is 1. The van der Waals surface area contributed by atoms with Crippen molar-refractivity contribution < 1.29 is 9.90 Å². The lowest BCUT2D eigenvalue weighted by atomic mass is 9.44. The van der Waals surface area contributed by atoms with Crippen molar-refractivity contribution in [3.05, 3.63) is 18.2 Å². The summed E-state index contributed by atoms with van der Waals surface area (Å²) in [5.74, 6) is 1.87. The first-order chi connectivity index (χ1) is 8.13. The molecule has 90 valence electrons. The second kappa shape index (κ2) is 2.66. The van der Waals surface area contributed by atoms with Crippen molar-refractivity contribution in [2.24, 2.45) is 0 Å². The van der Waals surface area contributed by atoms with E-state index in [4.69, 9.17) is 5.11 Å². The lowest BCUT2D eigenvalue weighted by Crippen LogP contribution is -2.78. The maximum atomic E-state index is 10.7. The van der Waals surface area contributed by atoms with E-state index < -0.39 is 6.09 Å². The number of hydrogen-bond acceptors (Lipinski definition) is 2. The predicted octanol–water partition coefficient (Wildman–Crippen LogP) is 1.66. The van der Waals surface area contributed by atoms with Gasteiger partial charge in [0.05, 0.1) is 11.1 Å². The van der Waals surface area contributed by atoms with Gasteiger partial charge in [-0.25, -0.2) is 9.78 Å². The summed E-state index contributed by atoms with van der Waals surface area (Å²) in [6, 6.07) is 0. The highest BCUT2D eigenvalue weighted by atomic mass is 16.4. The number of nitrogens with one attached hydrogen (secondary N) is 1. The number of nitrogens with zero attached hydrogens (tertiary/aromatic N) is 2. The smallest absolute Gasteiger partial charge is 0.405 e. The highest BCUT2D eigenvalue weighted by Crippen LogP contribution is 2.66. The summed E-state index contributed by atoms with van der Waals surface area (Å²) in [6.07, 6.45) is 8.36. The standard InChI is InChI=1S/C12H15N3O2/c16-10(17)14-11-5-12(6-11,7-11)15-4-3-13-9(15)8-1-2-8/h3-4,8,14H,1-2,5-7H2,(H,16,17). The number of carbonyl (C=O) groups is 1. The summed E-state index contributed by atoms with van der Waals surface area (Å²) < 4.78 is 2.32. The molecule has 2 bridgehead atoms. The molecule has 0 atom stereocenters. The topological polar surface area (TPSA) is 67.2 Å². The third kappa shape index (κ3) is 1.14. The van der Waals surface area contributed by atoms with Crippen LogP contribution >= 0.6 is 0 Å². The monoisotopic (exact) mass is 233 g/mol. The summed E-state index contributed by atoms with van der Waals surface area (Å²) in [5, 5.41) is 11.4. The molecule has 0 saturated heterocycles. The van der Waals surface area contributed by atoms with Gasteiger partial charge in [-0.15, -0.1) is 0 Å². The van der Waals surface area contributed by atoms with Gasteiger partial charge in [0, 0.05) is 18.3 Å². The molecule has 0 unspecified atom stereocenters. The van der Waals surface area contributed by atoms with Gasteiger partial charge >= 0.3 is 6.09 Å². The van der Waals surface area contributed by atoms with Gasteiger partial charge in [-0.2, -0.15) is 0 Å². The molecular weight excluding hydrogens is 218 g/mol. The van der Waals surface area contributed by atoms with Gasteiger partial charge in [-0.3, -0.25) is 0 Å². The molecule has 17 heavy (non-hydrogen) atoms. The number of rotatable bonds is 3. The molecule has 1 aromatic heterocycles. The molecule has 2 N–H and O–H groups in total. The number of hydrogen-bond donors (Lipinski definition) is 2. The molecule has 4 aliphatic carbocycles. The van der Waals surface area contributed by atoms with Crippen molar-refractivity contribution >= 4 is 6.09 Å². The van der Waals surface area contributed by atoms with Crippen LogP contribution in [0.15, 0.2) is 12.4 Å². The van der Waals surface area contributed by atoms with Gasteiger partial charge in [0.1, 0.15) is 5.82 Å². The van der Waals surface area contributed by atoms with Crippen LogP contribution in [0.25, 0.3) is 0 Å². The van der Waals surface area contributed by atoms with Crippen LogP contribution in [0.2, 0.25) is 0 Å². The molecule has 1 aromatic rings. The molecule has 4 aliphatic rings. The van der Waals surface area contributed by atoms with Crippen molar-refractivity contribution in [1.29, 1.82) is 0 Å². The quantitative estimate of drug-likeness (QED) is 0.834. The number of aromatic nitrogens is 2. The number of imidazole rings is 1. The molecule has 0 radical (unpaired) electrons. The molecule has 1 heterocycles. The largest absolute Gasteiger partial charge is 0.465 e. The van der Waals surface area contributed by atoms with Gasteiger partial charge < -0.3 is 15.0 Å². The van der Waals surface area contributed by atoms with Crippen LogP contribution in [0, 0.1) is 0 Å². The Hall–Kier alpha value is -1.52. The highest BCUT2D eigenvalue weighted by molar-refractivity contribution is 5.67. The molecule has 5 nitrogen and oxygen atoms in total. The average molecular weight is 233 g/mol. The first-order valence-corrected chi connectivity index (χ1v) is 6.17. The van der Waals surface area contributed by atoms with E-state index >= 15 is 0 Å². The average Bonchev–Trinajstić information content (AvgIpc) is 2.89. The molecule has 1 amide bonds. The van der Waals surface area contributed by atoms with E-state index in [1.165, 1.54) is 18.7 Å². The van der Waals surface area contributed by atoms with Gasteiger partial charge in [0.25, 0.3) is 0 Å². The van der Waals surface area contributed by atoms with Crippen LogP contribution in [0.5, 0.6) is 0 Å². The molecule has 4 fully saturated rings. The fraction of sp³-hybridized carbons (Fsp3) is 0.667. The molecule has 4 saturated carbocycles. The SMILES string of the molecule is O=C(O)NC12CC(n3ccnc3C3CC3)(C1)C2. The fourth-order valence-corrected chi connectivity index (χ4v) is 3.71. The van der Waals surface area contributed by atoms with Crippen LogP contribution < -0.4 is 5.32 Å². The molecule has 0 aliphatic heterocycles. The van der Waals surface area contributed by atoms with Crippen LogP contribution in [0.3, 0.4) is 0 Å². The fourth-order valence-electron chi connectivity index (χ4n) is 3.71. The van der Waals surface area contributed by atoms with E-state index in [2.05, 4.69) is 21.1 Å².